The summed E-state index contributed by atoms with van der Waals surface area (Å²) in [7, 11) is 0. The summed E-state index contributed by atoms with van der Waals surface area (Å²) >= 11 is 0. The summed E-state index contributed by atoms with van der Waals surface area (Å²) in [6.45, 7) is 10.6. The maximum Gasteiger partial charge on any atom is 0.320 e. The molecule has 1 aliphatic rings. The van der Waals surface area contributed by atoms with Gasteiger partial charge in [-0.25, -0.2) is 0 Å². The Balaban J connectivity index is 2.20. The van der Waals surface area contributed by atoms with Crippen molar-refractivity contribution in [3.8, 4) is 0 Å². The molecule has 1 heterocycles. The minimum absolute atomic E-state index is 0.187. The highest BCUT2D eigenvalue weighted by molar-refractivity contribution is 5.72. The van der Waals surface area contributed by atoms with Crippen LogP contribution in [0.1, 0.15) is 40.5 Å². The zero-order valence-electron chi connectivity index (χ0n) is 11.5. The van der Waals surface area contributed by atoms with E-state index in [-0.39, 0.29) is 17.9 Å². The number of nitrogens with one attached hydrogen (secondary N) is 1. The summed E-state index contributed by atoms with van der Waals surface area (Å²) in [6.07, 6.45) is 2.10. The first kappa shape index (κ1) is 14.5. The van der Waals surface area contributed by atoms with Crippen LogP contribution in [0.25, 0.3) is 0 Å². The molecule has 100 valence electrons. The van der Waals surface area contributed by atoms with E-state index >= 15 is 0 Å². The molecule has 0 aromatic rings. The number of esters is 1. The average Bonchev–Trinajstić information content (AvgIpc) is 2.15. The van der Waals surface area contributed by atoms with Crippen LogP contribution in [0.4, 0.5) is 0 Å². The molecular formula is C13H25NO3. The van der Waals surface area contributed by atoms with Gasteiger partial charge >= 0.3 is 5.97 Å². The molecule has 17 heavy (non-hydrogen) atoms. The number of carbonyl (C=O) groups is 1. The molecule has 1 aliphatic heterocycles. The third kappa shape index (κ3) is 6.03. The van der Waals surface area contributed by atoms with Gasteiger partial charge in [0.2, 0.25) is 0 Å². The molecule has 0 saturated carbocycles. The van der Waals surface area contributed by atoms with Gasteiger partial charge in [-0.05, 0) is 39.0 Å². The number of hydrogen-bond acceptors (Lipinski definition) is 4. The van der Waals surface area contributed by atoms with Gasteiger partial charge in [0, 0.05) is 19.8 Å². The van der Waals surface area contributed by atoms with Gasteiger partial charge in [-0.15, -0.1) is 0 Å². The Bertz CT molecular complexity index is 252. The van der Waals surface area contributed by atoms with Crippen molar-refractivity contribution in [3.05, 3.63) is 0 Å². The Morgan fingerprint density at radius 2 is 1.94 bits per heavy atom. The molecule has 0 aliphatic carbocycles. The predicted molar refractivity (Wildman–Crippen MR) is 66.9 cm³/mol. The first-order valence-electron chi connectivity index (χ1n) is 6.31. The normalized spacial score (nSPS) is 20.0. The van der Waals surface area contributed by atoms with Crippen molar-refractivity contribution in [2.24, 2.45) is 5.41 Å². The lowest BCUT2D eigenvalue weighted by molar-refractivity contribution is -0.153. The van der Waals surface area contributed by atoms with Crippen LogP contribution in [-0.2, 0) is 14.3 Å². The third-order valence-electron chi connectivity index (χ3n) is 2.94. The van der Waals surface area contributed by atoms with Gasteiger partial charge in [0.25, 0.3) is 0 Å². The van der Waals surface area contributed by atoms with E-state index in [4.69, 9.17) is 9.47 Å². The summed E-state index contributed by atoms with van der Waals surface area (Å²) in [5.74, 6) is -0.187. The van der Waals surface area contributed by atoms with E-state index in [2.05, 4.69) is 12.2 Å². The Morgan fingerprint density at radius 1 is 1.35 bits per heavy atom. The van der Waals surface area contributed by atoms with E-state index < -0.39 is 5.60 Å². The quantitative estimate of drug-likeness (QED) is 0.764. The third-order valence-corrected chi connectivity index (χ3v) is 2.94. The molecule has 1 rings (SSSR count). The van der Waals surface area contributed by atoms with Crippen molar-refractivity contribution in [2.45, 2.75) is 46.1 Å². The van der Waals surface area contributed by atoms with E-state index in [1.54, 1.807) is 0 Å². The van der Waals surface area contributed by atoms with Crippen LogP contribution < -0.4 is 5.32 Å². The van der Waals surface area contributed by atoms with Crippen LogP contribution in [0.2, 0.25) is 0 Å². The predicted octanol–water partition coefficient (Wildman–Crippen LogP) is 1.73. The van der Waals surface area contributed by atoms with Crippen molar-refractivity contribution in [1.29, 1.82) is 0 Å². The van der Waals surface area contributed by atoms with E-state index in [9.17, 15) is 4.79 Å². The molecule has 4 nitrogen and oxygen atoms in total. The second-order valence-electron chi connectivity index (χ2n) is 6.11. The lowest BCUT2D eigenvalue weighted by Crippen LogP contribution is -2.40. The molecule has 0 aromatic heterocycles. The molecule has 1 saturated heterocycles. The summed E-state index contributed by atoms with van der Waals surface area (Å²) in [5.41, 5.74) is -0.151. The van der Waals surface area contributed by atoms with Crippen molar-refractivity contribution < 1.29 is 14.3 Å². The minimum Gasteiger partial charge on any atom is -0.459 e. The highest BCUT2D eigenvalue weighted by Crippen LogP contribution is 2.28. The maximum atomic E-state index is 11.5. The molecule has 0 bridgehead atoms. The summed E-state index contributed by atoms with van der Waals surface area (Å²) in [6, 6.07) is 0. The Labute approximate surface area is 104 Å². The summed E-state index contributed by atoms with van der Waals surface area (Å²) in [5, 5.41) is 3.19. The standard InChI is InChI=1S/C13H25NO3/c1-12(2,3)17-11(15)9-14-10-13(4)5-7-16-8-6-13/h14H,5-10H2,1-4H3. The van der Waals surface area contributed by atoms with E-state index in [0.29, 0.717) is 0 Å². The summed E-state index contributed by atoms with van der Waals surface area (Å²) in [4.78, 5) is 11.5. The summed E-state index contributed by atoms with van der Waals surface area (Å²) < 4.78 is 10.6. The maximum absolute atomic E-state index is 11.5. The van der Waals surface area contributed by atoms with Crippen LogP contribution in [0.3, 0.4) is 0 Å². The van der Waals surface area contributed by atoms with E-state index in [1.165, 1.54) is 0 Å². The fraction of sp³-hybridized carbons (Fsp3) is 0.923. The first-order chi connectivity index (χ1) is 7.81. The highest BCUT2D eigenvalue weighted by atomic mass is 16.6. The van der Waals surface area contributed by atoms with Gasteiger partial charge in [-0.1, -0.05) is 6.92 Å². The molecule has 1 fully saturated rings. The topological polar surface area (TPSA) is 47.6 Å². The van der Waals surface area contributed by atoms with Gasteiger partial charge in [0.1, 0.15) is 5.60 Å². The molecule has 0 spiro atoms. The lowest BCUT2D eigenvalue weighted by atomic mass is 9.82. The van der Waals surface area contributed by atoms with Gasteiger partial charge in [0.05, 0.1) is 6.54 Å². The zero-order chi connectivity index (χ0) is 12.9. The fourth-order valence-electron chi connectivity index (χ4n) is 1.88. The molecule has 0 atom stereocenters. The van der Waals surface area contributed by atoms with Gasteiger partial charge in [-0.3, -0.25) is 4.79 Å². The second-order valence-corrected chi connectivity index (χ2v) is 6.11. The number of rotatable bonds is 4. The zero-order valence-corrected chi connectivity index (χ0v) is 11.5. The first-order valence-corrected chi connectivity index (χ1v) is 6.31. The average molecular weight is 243 g/mol. The Morgan fingerprint density at radius 3 is 2.47 bits per heavy atom. The minimum atomic E-state index is -0.401. The van der Waals surface area contributed by atoms with E-state index in [0.717, 1.165) is 32.6 Å². The van der Waals surface area contributed by atoms with Crippen molar-refractivity contribution in [3.63, 3.8) is 0 Å². The number of carbonyl (C=O) groups excluding carboxylic acids is 1. The fourth-order valence-corrected chi connectivity index (χ4v) is 1.88. The monoisotopic (exact) mass is 243 g/mol. The molecule has 4 heteroatoms. The molecule has 0 radical (unpaired) electrons. The van der Waals surface area contributed by atoms with Crippen LogP contribution in [-0.4, -0.2) is 37.9 Å². The lowest BCUT2D eigenvalue weighted by Gasteiger charge is -2.33. The van der Waals surface area contributed by atoms with Crippen LogP contribution >= 0.6 is 0 Å². The van der Waals surface area contributed by atoms with E-state index in [1.807, 2.05) is 20.8 Å². The van der Waals surface area contributed by atoms with Crippen LogP contribution in [0.15, 0.2) is 0 Å². The molecule has 0 unspecified atom stereocenters. The van der Waals surface area contributed by atoms with Crippen molar-refractivity contribution in [1.82, 2.24) is 5.32 Å². The number of hydrogen-bond donors (Lipinski definition) is 1. The second kappa shape index (κ2) is 5.83. The van der Waals surface area contributed by atoms with Crippen LogP contribution in [0, 0.1) is 5.41 Å². The smallest absolute Gasteiger partial charge is 0.320 e. The molecule has 1 N–H and O–H groups in total. The molecule has 0 aromatic carbocycles. The molecular weight excluding hydrogens is 218 g/mol. The van der Waals surface area contributed by atoms with Gasteiger partial charge in [0.15, 0.2) is 0 Å². The van der Waals surface area contributed by atoms with Crippen LogP contribution in [0.5, 0.6) is 0 Å². The SMILES string of the molecule is CC1(CNCC(=O)OC(C)(C)C)CCOCC1. The number of ether oxygens (including phenoxy) is 2. The Hall–Kier alpha value is -0.610. The largest absolute Gasteiger partial charge is 0.459 e. The Kier molecular flexibility index (Phi) is 4.95. The van der Waals surface area contributed by atoms with Gasteiger partial charge < -0.3 is 14.8 Å². The highest BCUT2D eigenvalue weighted by Gasteiger charge is 2.27. The molecule has 0 amide bonds. The van der Waals surface area contributed by atoms with Gasteiger partial charge in [-0.2, -0.15) is 0 Å². The van der Waals surface area contributed by atoms with Crippen molar-refractivity contribution >= 4 is 5.97 Å². The van der Waals surface area contributed by atoms with Crippen molar-refractivity contribution in [2.75, 3.05) is 26.3 Å².